The zero-order valence-corrected chi connectivity index (χ0v) is 11.9. The van der Waals surface area contributed by atoms with Gasteiger partial charge < -0.3 is 0 Å². The molecule has 0 fully saturated rings. The summed E-state index contributed by atoms with van der Waals surface area (Å²) in [7, 11) is 3.29. The molecule has 0 spiro atoms. The molecule has 0 aliphatic rings. The van der Waals surface area contributed by atoms with Crippen LogP contribution < -0.4 is 0 Å². The molecule has 84 valence electrons. The molecule has 0 saturated carbocycles. The Balaban J connectivity index is -0.000000169. The van der Waals surface area contributed by atoms with Gasteiger partial charge in [0.2, 0.25) is 0 Å². The van der Waals surface area contributed by atoms with Gasteiger partial charge in [0.15, 0.2) is 0 Å². The van der Waals surface area contributed by atoms with E-state index in [0.717, 1.165) is 0 Å². The van der Waals surface area contributed by atoms with Crippen molar-refractivity contribution in [3.05, 3.63) is 0 Å². The van der Waals surface area contributed by atoms with Gasteiger partial charge in [-0.25, -0.2) is 0 Å². The Morgan fingerprint density at radius 3 is 1.31 bits per heavy atom. The first-order chi connectivity index (χ1) is 5.92. The van der Waals surface area contributed by atoms with E-state index in [0.29, 0.717) is 0 Å². The van der Waals surface area contributed by atoms with Crippen molar-refractivity contribution in [3.8, 4) is 0 Å². The van der Waals surface area contributed by atoms with Crippen molar-refractivity contribution in [1.82, 2.24) is 4.67 Å². The van der Waals surface area contributed by atoms with E-state index in [4.69, 9.17) is 0 Å². The second-order valence-corrected chi connectivity index (χ2v) is 7.32. The number of hydrogen-bond donors (Lipinski definition) is 0. The summed E-state index contributed by atoms with van der Waals surface area (Å²) in [6.45, 7) is 12.7. The van der Waals surface area contributed by atoms with Gasteiger partial charge >= 0.3 is 0 Å². The van der Waals surface area contributed by atoms with E-state index >= 15 is 0 Å². The van der Waals surface area contributed by atoms with Crippen LogP contribution in [0.4, 0.5) is 0 Å². The van der Waals surface area contributed by atoms with E-state index in [-0.39, 0.29) is 0 Å². The summed E-state index contributed by atoms with van der Waals surface area (Å²) in [4.78, 5) is 0. The van der Waals surface area contributed by atoms with Crippen LogP contribution in [0.2, 0.25) is 0 Å². The Bertz CT molecular complexity index is 119. The predicted molar refractivity (Wildman–Crippen MR) is 71.5 cm³/mol. The molecule has 0 radical (unpaired) electrons. The van der Waals surface area contributed by atoms with Gasteiger partial charge in [0.05, 0.1) is 0 Å². The zero-order chi connectivity index (χ0) is 11.5. The molecule has 13 heavy (non-hydrogen) atoms. The van der Waals surface area contributed by atoms with E-state index in [2.05, 4.69) is 52.5 Å². The van der Waals surface area contributed by atoms with Crippen LogP contribution in [-0.4, -0.2) is 37.9 Å². The molecule has 0 aromatic carbocycles. The fraction of sp³-hybridized carbons (Fsp3) is 0.909. The summed E-state index contributed by atoms with van der Waals surface area (Å²) < 4.78 is 2.24. The molecule has 1 nitrogen and oxygen atoms in total. The lowest BCUT2D eigenvalue weighted by Crippen LogP contribution is -2.08. The van der Waals surface area contributed by atoms with E-state index < -0.39 is 7.04 Å². The molecule has 1 atom stereocenters. The van der Waals surface area contributed by atoms with Crippen LogP contribution in [0.25, 0.3) is 0 Å². The average Bonchev–Trinajstić information content (AvgIpc) is 2.09. The topological polar surface area (TPSA) is 3.24 Å². The SMILES string of the molecule is C=P(C)(CC)N(C)C.CC.CCC. The Kier molecular flexibility index (Phi) is 17.9. The van der Waals surface area contributed by atoms with Gasteiger partial charge in [-0.2, -0.15) is 0 Å². The van der Waals surface area contributed by atoms with Gasteiger partial charge in [-0.3, -0.25) is 4.67 Å². The summed E-state index contributed by atoms with van der Waals surface area (Å²) in [6.07, 6.45) is 6.58. The fourth-order valence-corrected chi connectivity index (χ4v) is 0.849. The molecule has 0 N–H and O–H groups in total. The Morgan fingerprint density at radius 2 is 1.31 bits per heavy atom. The number of hydrogen-bond acceptors (Lipinski definition) is 1. The molecule has 2 heteroatoms. The van der Waals surface area contributed by atoms with Crippen LogP contribution in [0.1, 0.15) is 41.0 Å². The van der Waals surface area contributed by atoms with Crippen LogP contribution >= 0.6 is 7.04 Å². The maximum Gasteiger partial charge on any atom is -0.00981 e. The van der Waals surface area contributed by atoms with Crippen LogP contribution in [0.3, 0.4) is 0 Å². The average molecular weight is 207 g/mol. The smallest absolute Gasteiger partial charge is 0.00981 e. The van der Waals surface area contributed by atoms with E-state index in [1.165, 1.54) is 12.6 Å². The Labute approximate surface area is 86.6 Å². The second-order valence-electron chi connectivity index (χ2n) is 3.21. The van der Waals surface area contributed by atoms with E-state index in [9.17, 15) is 0 Å². The minimum absolute atomic E-state index is 0.912. The molecule has 0 aliphatic heterocycles. The highest BCUT2D eigenvalue weighted by atomic mass is 31.2. The molecular formula is C11H30NP. The Hall–Kier alpha value is 0.260. The maximum atomic E-state index is 4.12. The van der Waals surface area contributed by atoms with Crippen LogP contribution in [0.15, 0.2) is 0 Å². The summed E-state index contributed by atoms with van der Waals surface area (Å²) in [6, 6.07) is 0. The molecule has 1 unspecified atom stereocenters. The molecule has 0 heterocycles. The maximum absolute atomic E-state index is 4.12. The summed E-state index contributed by atoms with van der Waals surface area (Å²) in [5, 5.41) is 0. The summed E-state index contributed by atoms with van der Waals surface area (Å²) >= 11 is 0. The summed E-state index contributed by atoms with van der Waals surface area (Å²) in [5.41, 5.74) is 0. The fourth-order valence-electron chi connectivity index (χ4n) is 0.283. The lowest BCUT2D eigenvalue weighted by molar-refractivity contribution is 0.676. The van der Waals surface area contributed by atoms with Crippen molar-refractivity contribution in [1.29, 1.82) is 0 Å². The van der Waals surface area contributed by atoms with Crippen molar-refractivity contribution < 1.29 is 0 Å². The van der Waals surface area contributed by atoms with Gasteiger partial charge in [0.25, 0.3) is 0 Å². The third-order valence-electron chi connectivity index (χ3n) is 1.65. The molecule has 0 aromatic heterocycles. The van der Waals surface area contributed by atoms with Gasteiger partial charge in [-0.1, -0.05) is 54.4 Å². The molecule has 0 amide bonds. The first-order valence-corrected chi connectivity index (χ1v) is 7.85. The van der Waals surface area contributed by atoms with Crippen molar-refractivity contribution >= 4 is 13.3 Å². The standard InChI is InChI=1S/C6H16NP.C3H8.C2H6/c1-6-8(4,5)7(2)3;1-3-2;1-2/h4,6H2,1-3,5H3;3H2,1-2H3;1-2H3. The third-order valence-corrected chi connectivity index (χ3v) is 4.94. The number of nitrogens with zero attached hydrogens (tertiary/aromatic N) is 1. The number of rotatable bonds is 2. The van der Waals surface area contributed by atoms with Gasteiger partial charge in [-0.05, 0) is 26.9 Å². The minimum Gasteiger partial charge on any atom is -0.290 e. The van der Waals surface area contributed by atoms with Crippen molar-refractivity contribution in [2.24, 2.45) is 0 Å². The van der Waals surface area contributed by atoms with Gasteiger partial charge in [-0.15, -0.1) is 0 Å². The van der Waals surface area contributed by atoms with Crippen LogP contribution in [-0.2, 0) is 0 Å². The summed E-state index contributed by atoms with van der Waals surface area (Å²) in [5.74, 6) is 0. The van der Waals surface area contributed by atoms with Crippen molar-refractivity contribution in [3.63, 3.8) is 0 Å². The molecule has 0 aromatic rings. The lowest BCUT2D eigenvalue weighted by atomic mass is 10.6. The lowest BCUT2D eigenvalue weighted by Gasteiger charge is -2.25. The van der Waals surface area contributed by atoms with Gasteiger partial charge in [0.1, 0.15) is 0 Å². The molecular weight excluding hydrogens is 177 g/mol. The van der Waals surface area contributed by atoms with Crippen molar-refractivity contribution in [2.45, 2.75) is 41.0 Å². The first kappa shape index (κ1) is 18.9. The Morgan fingerprint density at radius 1 is 1.08 bits per heavy atom. The normalized spacial score (nSPS) is 13.3. The van der Waals surface area contributed by atoms with E-state index in [1.54, 1.807) is 0 Å². The zero-order valence-electron chi connectivity index (χ0n) is 11.0. The van der Waals surface area contributed by atoms with Gasteiger partial charge in [0, 0.05) is 0 Å². The molecule has 0 saturated heterocycles. The molecule has 0 rings (SSSR count). The first-order valence-electron chi connectivity index (χ1n) is 5.30. The monoisotopic (exact) mass is 207 g/mol. The second kappa shape index (κ2) is 12.3. The molecule has 0 bridgehead atoms. The highest BCUT2D eigenvalue weighted by Gasteiger charge is 2.04. The predicted octanol–water partition coefficient (Wildman–Crippen LogP) is 4.00. The highest BCUT2D eigenvalue weighted by Crippen LogP contribution is 2.41. The van der Waals surface area contributed by atoms with Crippen molar-refractivity contribution in [2.75, 3.05) is 26.9 Å². The molecule has 0 aliphatic carbocycles. The van der Waals surface area contributed by atoms with Crippen LogP contribution in [0.5, 0.6) is 0 Å². The highest BCUT2D eigenvalue weighted by molar-refractivity contribution is 7.70. The van der Waals surface area contributed by atoms with E-state index in [1.807, 2.05) is 13.8 Å². The minimum atomic E-state index is -0.912. The largest absolute Gasteiger partial charge is 0.290 e. The third kappa shape index (κ3) is 15.1. The quantitative estimate of drug-likeness (QED) is 0.618. The van der Waals surface area contributed by atoms with Crippen LogP contribution in [0, 0.1) is 0 Å².